The summed E-state index contributed by atoms with van der Waals surface area (Å²) < 4.78 is 4.86. The molecule has 0 bridgehead atoms. The van der Waals surface area contributed by atoms with Gasteiger partial charge in [0.2, 0.25) is 0 Å². The first kappa shape index (κ1) is 36.0. The van der Waals surface area contributed by atoms with E-state index in [0.717, 1.165) is 24.2 Å². The normalized spacial score (nSPS) is 14.7. The molecule has 0 saturated heterocycles. The van der Waals surface area contributed by atoms with Gasteiger partial charge in [-0.05, 0) is 130 Å². The standard InChI is InChI=1S/C59H43N3/c1-3-15-42(16-4-1)54-38-47(39-55(60-54)43-17-5-2-6-18-43)46-36-44(40-27-31-48(32-28-40)61-56-23-11-7-19-50(56)51-20-8-12-24-57(51)61)35-45(37-46)41-29-33-49(34-30-41)62-58-25-13-9-21-52(58)53-22-10-14-26-59(53)62/h1-13,15-25,27-39,54,60H,14,26H2. The van der Waals surface area contributed by atoms with Crippen molar-refractivity contribution in [1.82, 2.24) is 14.5 Å². The van der Waals surface area contributed by atoms with Crippen LogP contribution in [-0.2, 0) is 6.42 Å². The molecular weight excluding hydrogens is 751 g/mol. The molecule has 0 spiro atoms. The summed E-state index contributed by atoms with van der Waals surface area (Å²) in [6.07, 6.45) is 11.4. The van der Waals surface area contributed by atoms with Gasteiger partial charge >= 0.3 is 0 Å². The van der Waals surface area contributed by atoms with Gasteiger partial charge in [-0.1, -0.05) is 152 Å². The number of dihydropyridines is 1. The van der Waals surface area contributed by atoms with E-state index in [-0.39, 0.29) is 6.04 Å². The number of benzene rings is 8. The summed E-state index contributed by atoms with van der Waals surface area (Å²) in [7, 11) is 0. The van der Waals surface area contributed by atoms with Gasteiger partial charge in [-0.3, -0.25) is 0 Å². The van der Waals surface area contributed by atoms with E-state index >= 15 is 0 Å². The summed E-state index contributed by atoms with van der Waals surface area (Å²) in [5.41, 5.74) is 19.4. The van der Waals surface area contributed by atoms with Crippen molar-refractivity contribution in [2.24, 2.45) is 0 Å². The fourth-order valence-electron chi connectivity index (χ4n) is 9.84. The van der Waals surface area contributed by atoms with E-state index in [9.17, 15) is 0 Å². The predicted octanol–water partition coefficient (Wildman–Crippen LogP) is 14.8. The molecule has 8 aromatic carbocycles. The topological polar surface area (TPSA) is 21.9 Å². The Morgan fingerprint density at radius 3 is 1.58 bits per heavy atom. The third-order valence-electron chi connectivity index (χ3n) is 12.8. The average Bonchev–Trinajstić information content (AvgIpc) is 3.87. The lowest BCUT2D eigenvalue weighted by Gasteiger charge is -2.26. The Balaban J connectivity index is 0.999. The van der Waals surface area contributed by atoms with Gasteiger partial charge < -0.3 is 14.5 Å². The van der Waals surface area contributed by atoms with Crippen LogP contribution < -0.4 is 5.32 Å². The van der Waals surface area contributed by atoms with Gasteiger partial charge in [0, 0.05) is 44.5 Å². The Morgan fingerprint density at radius 2 is 0.952 bits per heavy atom. The van der Waals surface area contributed by atoms with Crippen LogP contribution in [0.4, 0.5) is 0 Å². The van der Waals surface area contributed by atoms with Crippen molar-refractivity contribution in [2.45, 2.75) is 18.9 Å². The van der Waals surface area contributed by atoms with E-state index in [2.05, 4.69) is 239 Å². The van der Waals surface area contributed by atoms with Crippen molar-refractivity contribution in [2.75, 3.05) is 0 Å². The van der Waals surface area contributed by atoms with Gasteiger partial charge in [0.25, 0.3) is 0 Å². The zero-order chi connectivity index (χ0) is 41.0. The fourth-order valence-corrected chi connectivity index (χ4v) is 9.84. The summed E-state index contributed by atoms with van der Waals surface area (Å²) in [6, 6.07) is 73.1. The number of para-hydroxylation sites is 3. The molecule has 3 heterocycles. The zero-order valence-electron chi connectivity index (χ0n) is 34.2. The van der Waals surface area contributed by atoms with E-state index in [1.807, 2.05) is 0 Å². The third-order valence-corrected chi connectivity index (χ3v) is 12.8. The highest BCUT2D eigenvalue weighted by Crippen LogP contribution is 2.39. The van der Waals surface area contributed by atoms with E-state index in [1.54, 1.807) is 0 Å². The maximum absolute atomic E-state index is 3.85. The molecule has 0 saturated carbocycles. The number of allylic oxidation sites excluding steroid dienone is 3. The molecule has 0 amide bonds. The van der Waals surface area contributed by atoms with Gasteiger partial charge in [-0.15, -0.1) is 0 Å². The van der Waals surface area contributed by atoms with Crippen molar-refractivity contribution in [3.8, 4) is 33.6 Å². The smallest absolute Gasteiger partial charge is 0.0707 e. The van der Waals surface area contributed by atoms with Crippen LogP contribution >= 0.6 is 0 Å². The van der Waals surface area contributed by atoms with Crippen molar-refractivity contribution in [1.29, 1.82) is 0 Å². The third kappa shape index (κ3) is 6.21. The zero-order valence-corrected chi connectivity index (χ0v) is 34.2. The van der Waals surface area contributed by atoms with Crippen LogP contribution in [-0.4, -0.2) is 9.13 Å². The highest BCUT2D eigenvalue weighted by Gasteiger charge is 2.21. The fraction of sp³-hybridized carbons (Fsp3) is 0.0508. The lowest BCUT2D eigenvalue weighted by Crippen LogP contribution is -2.21. The quantitative estimate of drug-likeness (QED) is 0.171. The maximum atomic E-state index is 3.85. The van der Waals surface area contributed by atoms with Crippen molar-refractivity contribution < 1.29 is 0 Å². The van der Waals surface area contributed by atoms with Gasteiger partial charge in [-0.2, -0.15) is 0 Å². The van der Waals surface area contributed by atoms with Crippen LogP contribution in [0.15, 0.2) is 218 Å². The second kappa shape index (κ2) is 15.0. The number of rotatable bonds is 7. The molecule has 12 rings (SSSR count). The molecule has 1 aliphatic carbocycles. The molecule has 1 unspecified atom stereocenters. The SMILES string of the molecule is C1=Cc2c(n(-c3ccc(-c4cc(C5=CC(c6ccccc6)NC(c6ccccc6)=C5)cc(-c5ccc(-n6c7ccccc7c7ccccc76)cc5)c4)cc3)c3ccccc23)CC1. The van der Waals surface area contributed by atoms with Crippen LogP contribution in [0.2, 0.25) is 0 Å². The molecule has 1 N–H and O–H groups in total. The molecule has 0 fully saturated rings. The van der Waals surface area contributed by atoms with Crippen LogP contribution in [0.25, 0.3) is 83.7 Å². The second-order valence-electron chi connectivity index (χ2n) is 16.5. The minimum Gasteiger partial charge on any atom is -0.374 e. The van der Waals surface area contributed by atoms with E-state index in [1.165, 1.54) is 94.2 Å². The molecule has 3 nitrogen and oxygen atoms in total. The Kier molecular flexibility index (Phi) is 8.71. The van der Waals surface area contributed by atoms with Crippen LogP contribution in [0, 0.1) is 0 Å². The summed E-state index contributed by atoms with van der Waals surface area (Å²) in [4.78, 5) is 0. The lowest BCUT2D eigenvalue weighted by atomic mass is 9.89. The summed E-state index contributed by atoms with van der Waals surface area (Å²) in [6.45, 7) is 0. The second-order valence-corrected chi connectivity index (χ2v) is 16.5. The Bertz CT molecular complexity index is 3340. The number of nitrogens with zero attached hydrogens (tertiary/aromatic N) is 2. The van der Waals surface area contributed by atoms with E-state index in [4.69, 9.17) is 0 Å². The molecule has 62 heavy (non-hydrogen) atoms. The monoisotopic (exact) mass is 793 g/mol. The van der Waals surface area contributed by atoms with Gasteiger partial charge in [0.1, 0.15) is 0 Å². The van der Waals surface area contributed by atoms with Crippen LogP contribution in [0.5, 0.6) is 0 Å². The highest BCUT2D eigenvalue weighted by atomic mass is 15.0. The molecule has 2 aliphatic rings. The molecule has 1 atom stereocenters. The Labute approximate surface area is 361 Å². The van der Waals surface area contributed by atoms with E-state index < -0.39 is 0 Å². The first-order chi connectivity index (χ1) is 30.7. The molecule has 294 valence electrons. The summed E-state index contributed by atoms with van der Waals surface area (Å²) in [5, 5.41) is 7.70. The summed E-state index contributed by atoms with van der Waals surface area (Å²) in [5.74, 6) is 0. The minimum atomic E-state index is 0.0143. The Morgan fingerprint density at radius 1 is 0.435 bits per heavy atom. The maximum Gasteiger partial charge on any atom is 0.0707 e. The Hall–Kier alpha value is -7.88. The van der Waals surface area contributed by atoms with Crippen LogP contribution in [0.1, 0.15) is 40.4 Å². The molecule has 1 aliphatic heterocycles. The highest BCUT2D eigenvalue weighted by molar-refractivity contribution is 6.09. The molecule has 2 aromatic heterocycles. The molecule has 0 radical (unpaired) electrons. The van der Waals surface area contributed by atoms with Crippen molar-refractivity contribution in [3.63, 3.8) is 0 Å². The molecule has 3 heteroatoms. The predicted molar refractivity (Wildman–Crippen MR) is 261 cm³/mol. The first-order valence-corrected chi connectivity index (χ1v) is 21.7. The van der Waals surface area contributed by atoms with Crippen molar-refractivity contribution >= 4 is 50.1 Å². The average molecular weight is 794 g/mol. The number of aromatic nitrogens is 2. The minimum absolute atomic E-state index is 0.0143. The van der Waals surface area contributed by atoms with Gasteiger partial charge in [0.15, 0.2) is 0 Å². The van der Waals surface area contributed by atoms with E-state index in [0.29, 0.717) is 0 Å². The van der Waals surface area contributed by atoms with Crippen LogP contribution in [0.3, 0.4) is 0 Å². The van der Waals surface area contributed by atoms with Gasteiger partial charge in [-0.25, -0.2) is 0 Å². The number of hydrogen-bond donors (Lipinski definition) is 1. The number of nitrogens with one attached hydrogen (secondary N) is 1. The number of fused-ring (bicyclic) bond motifs is 6. The largest absolute Gasteiger partial charge is 0.374 e. The lowest BCUT2D eigenvalue weighted by molar-refractivity contribution is 0.767. The van der Waals surface area contributed by atoms with Crippen molar-refractivity contribution in [3.05, 3.63) is 246 Å². The number of hydrogen-bond acceptors (Lipinski definition) is 1. The summed E-state index contributed by atoms with van der Waals surface area (Å²) >= 11 is 0. The molecule has 10 aromatic rings. The first-order valence-electron chi connectivity index (χ1n) is 21.7. The van der Waals surface area contributed by atoms with Gasteiger partial charge in [0.05, 0.1) is 22.6 Å². The molecular formula is C59H43N3.